The molecule has 0 saturated heterocycles. The highest BCUT2D eigenvalue weighted by Gasteiger charge is 2.32. The van der Waals surface area contributed by atoms with Gasteiger partial charge < -0.3 is 4.74 Å². The highest BCUT2D eigenvalue weighted by atomic mass is 32.2. The van der Waals surface area contributed by atoms with Crippen LogP contribution in [-0.2, 0) is 10.9 Å². The Morgan fingerprint density at radius 3 is 2.35 bits per heavy atom. The van der Waals surface area contributed by atoms with Crippen LogP contribution in [0.25, 0.3) is 10.8 Å². The highest BCUT2D eigenvalue weighted by Crippen LogP contribution is 2.28. The van der Waals surface area contributed by atoms with Crippen LogP contribution in [0.2, 0.25) is 0 Å². The van der Waals surface area contributed by atoms with Crippen molar-refractivity contribution in [2.75, 3.05) is 12.9 Å². The summed E-state index contributed by atoms with van der Waals surface area (Å²) >= 11 is 0. The molecule has 0 radical (unpaired) electrons. The summed E-state index contributed by atoms with van der Waals surface area (Å²) in [6.45, 7) is 2.08. The first-order valence-electron chi connectivity index (χ1n) is 7.61. The Labute approximate surface area is 139 Å². The van der Waals surface area contributed by atoms with Crippen molar-refractivity contribution in [3.63, 3.8) is 0 Å². The van der Waals surface area contributed by atoms with E-state index >= 15 is 0 Å². The molecule has 0 aliphatic carbocycles. The molecule has 2 nitrogen and oxygen atoms in total. The van der Waals surface area contributed by atoms with Gasteiger partial charge in [0, 0.05) is 5.39 Å². The van der Waals surface area contributed by atoms with Crippen molar-refractivity contribution >= 4 is 26.8 Å². The maximum atomic E-state index is 13.0. The van der Waals surface area contributed by atoms with Gasteiger partial charge in [0.15, 0.2) is 4.90 Å². The fraction of sp³-hybridized carbons (Fsp3) is 0.150. The van der Waals surface area contributed by atoms with Crippen LogP contribution in [0.15, 0.2) is 71.6 Å². The second kappa shape index (κ2) is 6.88. The minimum absolute atomic E-state index is 0.187. The maximum Gasteiger partial charge on any atom is 0.367 e. The molecule has 1 unspecified atom stereocenters. The zero-order valence-corrected chi connectivity index (χ0v) is 14.1. The number of fused-ring (bicyclic) bond motifs is 1. The predicted molar refractivity (Wildman–Crippen MR) is 97.4 cm³/mol. The third kappa shape index (κ3) is 3.10. The first kappa shape index (κ1) is 15.6. The van der Waals surface area contributed by atoms with Gasteiger partial charge in [0.05, 0.1) is 12.7 Å². The van der Waals surface area contributed by atoms with Gasteiger partial charge in [0.25, 0.3) is 0 Å². The lowest BCUT2D eigenvalue weighted by Gasteiger charge is -2.08. The van der Waals surface area contributed by atoms with Crippen LogP contribution < -0.4 is 4.74 Å². The van der Waals surface area contributed by atoms with E-state index in [0.29, 0.717) is 0 Å². The van der Waals surface area contributed by atoms with Crippen LogP contribution in [0.4, 0.5) is 0 Å². The predicted octanol–water partition coefficient (Wildman–Crippen LogP) is 4.69. The highest BCUT2D eigenvalue weighted by molar-refractivity contribution is 8.11. The van der Waals surface area contributed by atoms with E-state index in [0.717, 1.165) is 22.0 Å². The van der Waals surface area contributed by atoms with E-state index in [4.69, 9.17) is 4.74 Å². The minimum Gasteiger partial charge on any atom is -0.497 e. The molecule has 0 bridgehead atoms. The van der Waals surface area contributed by atoms with Crippen molar-refractivity contribution in [2.24, 2.45) is 0 Å². The third-order valence-corrected chi connectivity index (χ3v) is 6.00. The van der Waals surface area contributed by atoms with Crippen molar-refractivity contribution in [3.8, 4) is 5.75 Å². The lowest BCUT2D eigenvalue weighted by molar-refractivity contribution is 0.108. The van der Waals surface area contributed by atoms with E-state index in [1.807, 2.05) is 42.5 Å². The van der Waals surface area contributed by atoms with Crippen LogP contribution in [0.5, 0.6) is 5.75 Å². The molecular weight excluding hydrogens is 304 g/mol. The largest absolute Gasteiger partial charge is 0.497 e. The average Bonchev–Trinajstić information content (AvgIpc) is 2.62. The average molecular weight is 323 g/mol. The van der Waals surface area contributed by atoms with E-state index in [1.54, 1.807) is 7.11 Å². The van der Waals surface area contributed by atoms with Gasteiger partial charge in [-0.3, -0.25) is 0 Å². The summed E-state index contributed by atoms with van der Waals surface area (Å²) in [6, 6.07) is 21.8. The third-order valence-electron chi connectivity index (χ3n) is 3.85. The van der Waals surface area contributed by atoms with Crippen LogP contribution in [0, 0.1) is 0 Å². The number of rotatable bonds is 4. The number of carbonyl (C=O) groups excluding carboxylic acids is 1. The van der Waals surface area contributed by atoms with Crippen molar-refractivity contribution in [1.82, 2.24) is 0 Å². The molecule has 0 aromatic heterocycles. The summed E-state index contributed by atoms with van der Waals surface area (Å²) in [6.07, 6.45) is 0. The van der Waals surface area contributed by atoms with Gasteiger partial charge in [-0.15, -0.1) is 0 Å². The molecule has 3 aromatic carbocycles. The Morgan fingerprint density at radius 1 is 0.957 bits per heavy atom. The van der Waals surface area contributed by atoms with Crippen LogP contribution in [0.3, 0.4) is 0 Å². The second-order valence-electron chi connectivity index (χ2n) is 5.17. The van der Waals surface area contributed by atoms with Gasteiger partial charge in [-0.1, -0.05) is 30.3 Å². The fourth-order valence-electron chi connectivity index (χ4n) is 2.67. The standard InChI is InChI=1S/C20H19O2S/c1-3-23(20(21)16-11-13-17(22-2)14-12-16)19-10-6-8-15-7-4-5-9-18(15)19/h4-14H,3H2,1-2H3/q+1. The molecule has 1 atom stereocenters. The Balaban J connectivity index is 2.02. The first-order valence-corrected chi connectivity index (χ1v) is 9.01. The van der Waals surface area contributed by atoms with E-state index in [1.165, 1.54) is 10.8 Å². The molecule has 0 N–H and O–H groups in total. The SMILES string of the molecule is CC[S+](C(=O)c1ccc(OC)cc1)c1cccc2ccccc12. The quantitative estimate of drug-likeness (QED) is 0.651. The maximum absolute atomic E-state index is 13.0. The lowest BCUT2D eigenvalue weighted by atomic mass is 10.1. The Hall–Kier alpha value is -2.26. The zero-order valence-electron chi connectivity index (χ0n) is 13.3. The zero-order chi connectivity index (χ0) is 16.2. The molecule has 0 spiro atoms. The number of ether oxygens (including phenoxy) is 1. The summed E-state index contributed by atoms with van der Waals surface area (Å²) in [5.74, 6) is 1.57. The van der Waals surface area contributed by atoms with Gasteiger partial charge in [-0.25, -0.2) is 4.79 Å². The first-order chi connectivity index (χ1) is 11.2. The summed E-state index contributed by atoms with van der Waals surface area (Å²) < 4.78 is 5.17. The summed E-state index contributed by atoms with van der Waals surface area (Å²) in [5, 5.41) is 2.53. The molecule has 0 saturated carbocycles. The summed E-state index contributed by atoms with van der Waals surface area (Å²) in [7, 11) is 1.18. The van der Waals surface area contributed by atoms with Gasteiger partial charge >= 0.3 is 5.12 Å². The minimum atomic E-state index is -0.453. The Bertz CT molecular complexity index is 819. The molecule has 0 aliphatic heterocycles. The van der Waals surface area contributed by atoms with E-state index in [9.17, 15) is 4.79 Å². The molecule has 0 amide bonds. The number of benzene rings is 3. The number of carbonyl (C=O) groups is 1. The Kier molecular flexibility index (Phi) is 4.68. The van der Waals surface area contributed by atoms with E-state index in [2.05, 4.69) is 31.2 Å². The van der Waals surface area contributed by atoms with E-state index in [-0.39, 0.29) is 5.12 Å². The fourth-order valence-corrected chi connectivity index (χ4v) is 4.55. The van der Waals surface area contributed by atoms with Gasteiger partial charge in [-0.2, -0.15) is 0 Å². The van der Waals surface area contributed by atoms with Gasteiger partial charge in [-0.05, 0) is 48.7 Å². The Morgan fingerprint density at radius 2 is 1.65 bits per heavy atom. The van der Waals surface area contributed by atoms with Crippen LogP contribution in [0.1, 0.15) is 17.3 Å². The summed E-state index contributed by atoms with van der Waals surface area (Å²) in [5.41, 5.74) is 0.740. The molecule has 0 aliphatic rings. The molecule has 116 valence electrons. The van der Waals surface area contributed by atoms with Crippen LogP contribution >= 0.6 is 0 Å². The van der Waals surface area contributed by atoms with Gasteiger partial charge in [0.2, 0.25) is 0 Å². The number of methoxy groups -OCH3 is 1. The summed E-state index contributed by atoms with van der Waals surface area (Å²) in [4.78, 5) is 14.1. The molecule has 3 aromatic rings. The number of hydrogen-bond acceptors (Lipinski definition) is 2. The van der Waals surface area contributed by atoms with Crippen molar-refractivity contribution < 1.29 is 9.53 Å². The van der Waals surface area contributed by atoms with E-state index < -0.39 is 10.9 Å². The normalized spacial score (nSPS) is 12.1. The molecular formula is C20H19O2S+. The molecule has 23 heavy (non-hydrogen) atoms. The molecule has 3 heteroatoms. The monoisotopic (exact) mass is 323 g/mol. The molecule has 0 fully saturated rings. The molecule has 3 rings (SSSR count). The topological polar surface area (TPSA) is 26.3 Å². The van der Waals surface area contributed by atoms with Crippen molar-refractivity contribution in [3.05, 3.63) is 72.3 Å². The van der Waals surface area contributed by atoms with Crippen molar-refractivity contribution in [1.29, 1.82) is 0 Å². The lowest BCUT2D eigenvalue weighted by Crippen LogP contribution is -2.18. The second-order valence-corrected chi connectivity index (χ2v) is 7.34. The van der Waals surface area contributed by atoms with Crippen LogP contribution in [-0.4, -0.2) is 18.0 Å². The van der Waals surface area contributed by atoms with Gasteiger partial charge in [0.1, 0.15) is 22.4 Å². The smallest absolute Gasteiger partial charge is 0.367 e. The molecule has 0 heterocycles. The number of hydrogen-bond donors (Lipinski definition) is 0. The van der Waals surface area contributed by atoms with Crippen molar-refractivity contribution in [2.45, 2.75) is 11.8 Å².